The van der Waals surface area contributed by atoms with Crippen molar-refractivity contribution >= 4 is 57.5 Å². The SMILES string of the molecule is c1ccc2c(c1)SC1Oc3cc(-n4c5ccccc5c5ccccc54)cc4c3B(C21)C1c2ccccc2SC1O4. The van der Waals surface area contributed by atoms with Gasteiger partial charge in [-0.25, -0.2) is 0 Å². The van der Waals surface area contributed by atoms with Gasteiger partial charge < -0.3 is 14.0 Å². The van der Waals surface area contributed by atoms with Crippen molar-refractivity contribution in [3.05, 3.63) is 120 Å². The molecular formula is C34H22BNO2S2. The first-order valence-corrected chi connectivity index (χ1v) is 15.6. The van der Waals surface area contributed by atoms with Crippen LogP contribution >= 0.6 is 23.5 Å². The van der Waals surface area contributed by atoms with E-state index in [1.807, 2.05) is 23.5 Å². The van der Waals surface area contributed by atoms with Crippen LogP contribution in [0.3, 0.4) is 0 Å². The summed E-state index contributed by atoms with van der Waals surface area (Å²) in [5.74, 6) is 2.51. The summed E-state index contributed by atoms with van der Waals surface area (Å²) in [5, 5.41) is 2.51. The lowest BCUT2D eigenvalue weighted by atomic mass is 9.27. The van der Waals surface area contributed by atoms with Gasteiger partial charge in [0, 0.05) is 49.8 Å². The van der Waals surface area contributed by atoms with Gasteiger partial charge >= 0.3 is 0 Å². The predicted molar refractivity (Wildman–Crippen MR) is 165 cm³/mol. The van der Waals surface area contributed by atoms with Crippen molar-refractivity contribution in [2.45, 2.75) is 32.3 Å². The fraction of sp³-hybridized carbons (Fsp3) is 0.118. The maximum Gasteiger partial charge on any atom is 0.212 e. The summed E-state index contributed by atoms with van der Waals surface area (Å²) in [6.07, 6.45) is 0. The lowest BCUT2D eigenvalue weighted by Gasteiger charge is -2.43. The second-order valence-electron chi connectivity index (χ2n) is 11.1. The summed E-state index contributed by atoms with van der Waals surface area (Å²) < 4.78 is 16.3. The first kappa shape index (κ1) is 22.0. The van der Waals surface area contributed by atoms with Crippen LogP contribution in [0.1, 0.15) is 22.8 Å². The third-order valence-corrected chi connectivity index (χ3v) is 11.6. The van der Waals surface area contributed by atoms with E-state index in [0.717, 1.165) is 17.2 Å². The predicted octanol–water partition coefficient (Wildman–Crippen LogP) is 7.78. The Labute approximate surface area is 240 Å². The molecule has 0 radical (unpaired) electrons. The van der Waals surface area contributed by atoms with Crippen molar-refractivity contribution in [2.75, 3.05) is 0 Å². The molecule has 0 saturated carbocycles. The van der Waals surface area contributed by atoms with E-state index >= 15 is 0 Å². The van der Waals surface area contributed by atoms with Crippen LogP contribution in [0.5, 0.6) is 11.5 Å². The summed E-state index contributed by atoms with van der Waals surface area (Å²) in [5.41, 5.74) is 7.64. The minimum absolute atomic E-state index is 0.0488. The summed E-state index contributed by atoms with van der Waals surface area (Å²) in [6.45, 7) is 0.294. The Bertz CT molecular complexity index is 1900. The number of para-hydroxylation sites is 2. The highest BCUT2D eigenvalue weighted by atomic mass is 32.2. The molecular weight excluding hydrogens is 529 g/mol. The largest absolute Gasteiger partial charge is 0.480 e. The zero-order valence-electron chi connectivity index (χ0n) is 21.4. The molecule has 190 valence electrons. The maximum atomic E-state index is 6.95. The van der Waals surface area contributed by atoms with E-state index in [9.17, 15) is 0 Å². The number of benzene rings is 5. The molecule has 0 N–H and O–H groups in total. The van der Waals surface area contributed by atoms with E-state index < -0.39 is 0 Å². The Kier molecular flexibility index (Phi) is 4.36. The molecule has 10 rings (SSSR count). The molecule has 5 heterocycles. The molecule has 0 saturated heterocycles. The molecule has 0 amide bonds. The van der Waals surface area contributed by atoms with Crippen LogP contribution in [-0.4, -0.2) is 22.2 Å². The number of aromatic nitrogens is 1. The van der Waals surface area contributed by atoms with Gasteiger partial charge in [0.1, 0.15) is 22.4 Å². The number of hydrogen-bond acceptors (Lipinski definition) is 4. The van der Waals surface area contributed by atoms with E-state index in [4.69, 9.17) is 9.47 Å². The van der Waals surface area contributed by atoms with Gasteiger partial charge in [-0.2, -0.15) is 0 Å². The van der Waals surface area contributed by atoms with E-state index in [-0.39, 0.29) is 22.5 Å². The second kappa shape index (κ2) is 7.93. The molecule has 4 atom stereocenters. The number of nitrogens with zero attached hydrogens (tertiary/aromatic N) is 1. The van der Waals surface area contributed by atoms with Crippen LogP contribution in [0.2, 0.25) is 0 Å². The Morgan fingerprint density at radius 3 is 1.60 bits per heavy atom. The van der Waals surface area contributed by atoms with Crippen LogP contribution in [0.15, 0.2) is 119 Å². The standard InChI is InChI=1S/C34H22BNO2S2/c1-5-13-24-20(9-1)21-10-2-6-14-25(21)36(24)19-17-26-32-27(18-19)38-34-31(23-12-4-8-16-29(23)40-34)35(32)30-22-11-3-7-15-28(22)39-33(30)37-26/h1-18,30-31,33-34H. The van der Waals surface area contributed by atoms with Crippen LogP contribution in [0.25, 0.3) is 27.5 Å². The molecule has 0 aliphatic carbocycles. The van der Waals surface area contributed by atoms with Crippen molar-refractivity contribution in [1.29, 1.82) is 0 Å². The van der Waals surface area contributed by atoms with Crippen molar-refractivity contribution in [3.8, 4) is 17.2 Å². The first-order chi connectivity index (χ1) is 19.8. The van der Waals surface area contributed by atoms with Crippen LogP contribution in [-0.2, 0) is 0 Å². The van der Waals surface area contributed by atoms with Crippen LogP contribution in [0.4, 0.5) is 0 Å². The van der Waals surface area contributed by atoms with Crippen LogP contribution < -0.4 is 14.9 Å². The van der Waals surface area contributed by atoms with Crippen molar-refractivity contribution in [1.82, 2.24) is 4.57 Å². The number of rotatable bonds is 1. The lowest BCUT2D eigenvalue weighted by Crippen LogP contribution is -2.56. The second-order valence-corrected chi connectivity index (χ2v) is 13.4. The van der Waals surface area contributed by atoms with Gasteiger partial charge in [-0.1, -0.05) is 96.3 Å². The molecule has 3 nitrogen and oxygen atoms in total. The smallest absolute Gasteiger partial charge is 0.212 e. The van der Waals surface area contributed by atoms with Crippen molar-refractivity contribution in [3.63, 3.8) is 0 Å². The molecule has 6 aromatic rings. The lowest BCUT2D eigenvalue weighted by molar-refractivity contribution is 0.249. The van der Waals surface area contributed by atoms with Crippen molar-refractivity contribution in [2.24, 2.45) is 0 Å². The Balaban J connectivity index is 1.24. The highest BCUT2D eigenvalue weighted by molar-refractivity contribution is 8.00. The molecule has 4 aliphatic rings. The molecule has 4 aliphatic heterocycles. The Morgan fingerprint density at radius 1 is 0.575 bits per heavy atom. The van der Waals surface area contributed by atoms with Gasteiger partial charge in [-0.05, 0) is 35.4 Å². The maximum absolute atomic E-state index is 6.95. The third kappa shape index (κ3) is 2.80. The van der Waals surface area contributed by atoms with E-state index in [1.165, 1.54) is 48.2 Å². The van der Waals surface area contributed by atoms with Crippen molar-refractivity contribution < 1.29 is 9.47 Å². The Hall–Kier alpha value is -3.74. The molecule has 4 unspecified atom stereocenters. The first-order valence-electron chi connectivity index (χ1n) is 13.8. The monoisotopic (exact) mass is 551 g/mol. The molecule has 40 heavy (non-hydrogen) atoms. The zero-order chi connectivity index (χ0) is 25.9. The number of ether oxygens (including phenoxy) is 2. The molecule has 0 bridgehead atoms. The summed E-state index contributed by atoms with van der Waals surface area (Å²) in [4.78, 5) is 2.69. The number of thioether (sulfide) groups is 2. The molecule has 5 aromatic carbocycles. The minimum Gasteiger partial charge on any atom is -0.480 e. The quantitative estimate of drug-likeness (QED) is 0.195. The summed E-state index contributed by atoms with van der Waals surface area (Å²) in [7, 11) is 0. The van der Waals surface area contributed by atoms with Gasteiger partial charge in [0.2, 0.25) is 6.71 Å². The highest BCUT2D eigenvalue weighted by Crippen LogP contribution is 2.58. The van der Waals surface area contributed by atoms with Crippen LogP contribution in [0, 0.1) is 0 Å². The molecule has 0 spiro atoms. The normalized spacial score (nSPS) is 23.1. The summed E-state index contributed by atoms with van der Waals surface area (Å²) >= 11 is 3.76. The molecule has 6 heteroatoms. The molecule has 1 aromatic heterocycles. The molecule has 0 fully saturated rings. The third-order valence-electron chi connectivity index (χ3n) is 9.15. The van der Waals surface area contributed by atoms with Gasteiger partial charge in [0.05, 0.1) is 16.7 Å². The minimum atomic E-state index is 0.0488. The van der Waals surface area contributed by atoms with Gasteiger partial charge in [-0.15, -0.1) is 0 Å². The number of fused-ring (bicyclic) bond motifs is 11. The fourth-order valence-corrected chi connectivity index (χ4v) is 10.3. The zero-order valence-corrected chi connectivity index (χ0v) is 23.0. The van der Waals surface area contributed by atoms with Gasteiger partial charge in [-0.3, -0.25) is 0 Å². The average molecular weight is 552 g/mol. The highest BCUT2D eigenvalue weighted by Gasteiger charge is 2.58. The van der Waals surface area contributed by atoms with Gasteiger partial charge in [0.15, 0.2) is 0 Å². The summed E-state index contributed by atoms with van der Waals surface area (Å²) in [6, 6.07) is 39.7. The average Bonchev–Trinajstić information content (AvgIpc) is 3.66. The van der Waals surface area contributed by atoms with E-state index in [1.54, 1.807) is 0 Å². The fourth-order valence-electron chi connectivity index (χ4n) is 7.61. The van der Waals surface area contributed by atoms with Gasteiger partial charge in [0.25, 0.3) is 0 Å². The van der Waals surface area contributed by atoms with E-state index in [0.29, 0.717) is 6.71 Å². The van der Waals surface area contributed by atoms with E-state index in [2.05, 4.69) is 114 Å². The Morgan fingerprint density at radius 2 is 1.05 bits per heavy atom. The number of hydrogen-bond donors (Lipinski definition) is 0. The topological polar surface area (TPSA) is 23.4 Å².